The van der Waals surface area contributed by atoms with E-state index in [4.69, 9.17) is 26.6 Å². The molecule has 2 aliphatic heterocycles. The van der Waals surface area contributed by atoms with Crippen molar-refractivity contribution in [3.8, 4) is 0 Å². The summed E-state index contributed by atoms with van der Waals surface area (Å²) in [6.07, 6.45) is 4.83. The standard InChI is InChI=1S/C21H21ClFN5O2.C3H8O2/c22-20-25-18(15-8-24-28(19(15)26-20)17-4-3-14(9-29)30-17)27-10-21(11-27)6-5-12-1-2-13(23)7-16(12)21;1-3(2,4)5/h1-2,7-8,14,17,29H,3-6,9-11H2;4-5H,1-2H3. The zero-order valence-corrected chi connectivity index (χ0v) is 20.4. The van der Waals surface area contributed by atoms with Crippen molar-refractivity contribution in [3.63, 3.8) is 0 Å². The molecule has 1 spiro atoms. The highest BCUT2D eigenvalue weighted by molar-refractivity contribution is 6.28. The number of hydrogen-bond donors (Lipinski definition) is 3. The number of hydrogen-bond acceptors (Lipinski definition) is 8. The van der Waals surface area contributed by atoms with Gasteiger partial charge in [0.1, 0.15) is 11.6 Å². The second-order valence-corrected chi connectivity index (χ2v) is 10.4. The van der Waals surface area contributed by atoms with Crippen LogP contribution in [-0.2, 0) is 16.6 Å². The molecule has 0 saturated carbocycles. The lowest BCUT2D eigenvalue weighted by atomic mass is 9.74. The Morgan fingerprint density at radius 1 is 1.23 bits per heavy atom. The second-order valence-electron chi connectivity index (χ2n) is 10.0. The van der Waals surface area contributed by atoms with Gasteiger partial charge in [-0.25, -0.2) is 9.07 Å². The predicted molar refractivity (Wildman–Crippen MR) is 128 cm³/mol. The lowest BCUT2D eigenvalue weighted by Crippen LogP contribution is -2.58. The summed E-state index contributed by atoms with van der Waals surface area (Å²) < 4.78 is 21.5. The summed E-state index contributed by atoms with van der Waals surface area (Å²) in [7, 11) is 0. The predicted octanol–water partition coefficient (Wildman–Crippen LogP) is 2.70. The van der Waals surface area contributed by atoms with E-state index >= 15 is 0 Å². The molecule has 11 heteroatoms. The quantitative estimate of drug-likeness (QED) is 0.367. The summed E-state index contributed by atoms with van der Waals surface area (Å²) in [5.41, 5.74) is 2.97. The van der Waals surface area contributed by atoms with Gasteiger partial charge in [0.2, 0.25) is 5.28 Å². The van der Waals surface area contributed by atoms with Gasteiger partial charge in [0, 0.05) is 18.5 Å². The minimum atomic E-state index is -1.50. The zero-order valence-electron chi connectivity index (χ0n) is 19.7. The van der Waals surface area contributed by atoms with Crippen LogP contribution < -0.4 is 4.90 Å². The lowest BCUT2D eigenvalue weighted by Gasteiger charge is -2.49. The maximum Gasteiger partial charge on any atom is 0.226 e. The number of fused-ring (bicyclic) bond motifs is 3. The van der Waals surface area contributed by atoms with Crippen molar-refractivity contribution in [3.05, 3.63) is 46.6 Å². The zero-order chi connectivity index (χ0) is 25.0. The summed E-state index contributed by atoms with van der Waals surface area (Å²) in [4.78, 5) is 11.1. The van der Waals surface area contributed by atoms with Crippen LogP contribution in [0.1, 0.15) is 50.5 Å². The molecule has 2 aromatic heterocycles. The number of benzene rings is 1. The van der Waals surface area contributed by atoms with Gasteiger partial charge in [-0.15, -0.1) is 0 Å². The Kier molecular flexibility index (Phi) is 6.21. The molecule has 188 valence electrons. The van der Waals surface area contributed by atoms with E-state index in [9.17, 15) is 9.50 Å². The van der Waals surface area contributed by atoms with Crippen molar-refractivity contribution in [2.45, 2.75) is 63.1 Å². The molecule has 2 atom stereocenters. The molecule has 2 unspecified atom stereocenters. The molecular weight excluding hydrogens is 477 g/mol. The first-order valence-electron chi connectivity index (χ1n) is 11.7. The van der Waals surface area contributed by atoms with Crippen molar-refractivity contribution in [2.24, 2.45) is 0 Å². The number of nitrogens with zero attached hydrogens (tertiary/aromatic N) is 5. The van der Waals surface area contributed by atoms with E-state index in [1.165, 1.54) is 19.4 Å². The van der Waals surface area contributed by atoms with Gasteiger partial charge < -0.3 is 25.0 Å². The number of anilines is 1. The molecule has 0 amide bonds. The van der Waals surface area contributed by atoms with E-state index in [1.807, 2.05) is 6.07 Å². The van der Waals surface area contributed by atoms with Crippen LogP contribution in [0, 0.1) is 5.82 Å². The topological polar surface area (TPSA) is 117 Å². The molecule has 35 heavy (non-hydrogen) atoms. The molecule has 3 N–H and O–H groups in total. The van der Waals surface area contributed by atoms with Crippen molar-refractivity contribution in [1.29, 1.82) is 0 Å². The number of rotatable bonds is 3. The Labute approximate surface area is 207 Å². The number of aromatic nitrogens is 4. The molecule has 1 aliphatic carbocycles. The van der Waals surface area contributed by atoms with Gasteiger partial charge in [-0.1, -0.05) is 6.07 Å². The van der Waals surface area contributed by atoms with E-state index in [2.05, 4.69) is 20.0 Å². The maximum absolute atomic E-state index is 13.9. The highest BCUT2D eigenvalue weighted by Gasteiger charge is 2.49. The fourth-order valence-corrected chi connectivity index (χ4v) is 5.43. The summed E-state index contributed by atoms with van der Waals surface area (Å²) in [6.45, 7) is 4.13. The number of ether oxygens (including phenoxy) is 1. The lowest BCUT2D eigenvalue weighted by molar-refractivity contribution is -0.127. The van der Waals surface area contributed by atoms with Crippen molar-refractivity contribution < 1.29 is 24.4 Å². The third kappa shape index (κ3) is 4.73. The number of aliphatic hydroxyl groups is 3. The molecular formula is C24H29ClFN5O4. The molecule has 1 aromatic carbocycles. The van der Waals surface area contributed by atoms with Gasteiger partial charge in [0.25, 0.3) is 0 Å². The molecule has 6 rings (SSSR count). The van der Waals surface area contributed by atoms with Crippen molar-refractivity contribution in [1.82, 2.24) is 19.7 Å². The third-order valence-corrected chi connectivity index (χ3v) is 6.94. The average Bonchev–Trinajstić information content (AvgIpc) is 3.47. The summed E-state index contributed by atoms with van der Waals surface area (Å²) in [6, 6.07) is 5.14. The van der Waals surface area contributed by atoms with Gasteiger partial charge in [0.05, 0.1) is 24.3 Å². The Morgan fingerprint density at radius 3 is 2.66 bits per heavy atom. The first-order valence-corrected chi connectivity index (χ1v) is 12.1. The van der Waals surface area contributed by atoms with E-state index in [0.29, 0.717) is 5.65 Å². The van der Waals surface area contributed by atoms with Crippen LogP contribution in [0.4, 0.5) is 10.2 Å². The molecule has 0 radical (unpaired) electrons. The van der Waals surface area contributed by atoms with Crippen LogP contribution in [0.2, 0.25) is 5.28 Å². The van der Waals surface area contributed by atoms with Crippen LogP contribution >= 0.6 is 11.6 Å². The fraction of sp³-hybridized carbons (Fsp3) is 0.542. The molecule has 4 heterocycles. The van der Waals surface area contributed by atoms with Crippen molar-refractivity contribution in [2.75, 3.05) is 24.6 Å². The smallest absolute Gasteiger partial charge is 0.226 e. The number of halogens is 2. The van der Waals surface area contributed by atoms with Crippen LogP contribution in [-0.4, -0.2) is 66.7 Å². The highest BCUT2D eigenvalue weighted by atomic mass is 35.5. The van der Waals surface area contributed by atoms with Gasteiger partial charge in [0.15, 0.2) is 17.7 Å². The van der Waals surface area contributed by atoms with Crippen LogP contribution in [0.15, 0.2) is 24.4 Å². The van der Waals surface area contributed by atoms with Crippen LogP contribution in [0.25, 0.3) is 11.0 Å². The summed E-state index contributed by atoms with van der Waals surface area (Å²) >= 11 is 6.27. The average molecular weight is 506 g/mol. The minimum Gasteiger partial charge on any atom is -0.394 e. The summed E-state index contributed by atoms with van der Waals surface area (Å²) in [5, 5.41) is 31.0. The fourth-order valence-electron chi connectivity index (χ4n) is 5.27. The largest absolute Gasteiger partial charge is 0.394 e. The monoisotopic (exact) mass is 505 g/mol. The first-order chi connectivity index (χ1) is 16.6. The van der Waals surface area contributed by atoms with Gasteiger partial charge in [-0.05, 0) is 74.4 Å². The Bertz CT molecular complexity index is 1230. The maximum atomic E-state index is 13.9. The molecule has 2 saturated heterocycles. The number of aryl methyl sites for hydroxylation is 1. The normalized spacial score (nSPS) is 22.8. The SMILES string of the molecule is CC(C)(O)O.OCC1CCC(n2ncc3c(N4CC5(CCc6ccc(F)cc65)C4)nc(Cl)nc32)O1. The van der Waals surface area contributed by atoms with E-state index in [0.717, 1.165) is 55.5 Å². The molecule has 3 aliphatic rings. The molecule has 3 aromatic rings. The molecule has 9 nitrogen and oxygen atoms in total. The minimum absolute atomic E-state index is 0.00534. The Balaban J connectivity index is 0.000000464. The van der Waals surface area contributed by atoms with E-state index in [-0.39, 0.29) is 35.5 Å². The highest BCUT2D eigenvalue weighted by Crippen LogP contribution is 2.48. The van der Waals surface area contributed by atoms with Crippen molar-refractivity contribution >= 4 is 28.5 Å². The summed E-state index contributed by atoms with van der Waals surface area (Å²) in [5.74, 6) is -0.927. The second kappa shape index (κ2) is 8.94. The molecule has 2 fully saturated rings. The Morgan fingerprint density at radius 2 is 1.97 bits per heavy atom. The molecule has 0 bridgehead atoms. The van der Waals surface area contributed by atoms with Gasteiger partial charge in [-0.2, -0.15) is 15.1 Å². The third-order valence-electron chi connectivity index (χ3n) is 6.77. The van der Waals surface area contributed by atoms with E-state index < -0.39 is 5.79 Å². The van der Waals surface area contributed by atoms with Crippen LogP contribution in [0.5, 0.6) is 0 Å². The number of aliphatic hydroxyl groups excluding tert-OH is 1. The first kappa shape index (κ1) is 24.3. The Hall–Kier alpha value is -2.37. The van der Waals surface area contributed by atoms with Gasteiger partial charge >= 0.3 is 0 Å². The van der Waals surface area contributed by atoms with Gasteiger partial charge in [-0.3, -0.25) is 0 Å². The van der Waals surface area contributed by atoms with E-state index in [1.54, 1.807) is 23.0 Å². The van der Waals surface area contributed by atoms with Crippen LogP contribution in [0.3, 0.4) is 0 Å².